The van der Waals surface area contributed by atoms with E-state index in [0.717, 1.165) is 0 Å². The Labute approximate surface area is 111 Å². The van der Waals surface area contributed by atoms with E-state index in [2.05, 4.69) is 60.9 Å². The van der Waals surface area contributed by atoms with Crippen LogP contribution in [0.5, 0.6) is 0 Å². The van der Waals surface area contributed by atoms with Gasteiger partial charge in [-0.05, 0) is 45.4 Å². The van der Waals surface area contributed by atoms with Gasteiger partial charge in [-0.15, -0.1) is 0 Å². The third-order valence-electron chi connectivity index (χ3n) is 3.98. The van der Waals surface area contributed by atoms with Gasteiger partial charge in [0.2, 0.25) is 0 Å². The van der Waals surface area contributed by atoms with Crippen LogP contribution in [-0.2, 0) is 0 Å². The average molecular weight is 241 g/mol. The minimum atomic E-state index is -0.645. The van der Waals surface area contributed by atoms with Crippen LogP contribution in [0.25, 0.3) is 0 Å². The highest BCUT2D eigenvalue weighted by Crippen LogP contribution is 2.39. The Balaban J connectivity index is 2.10. The number of aryl methyl sites for hydroxylation is 1. The van der Waals surface area contributed by atoms with Crippen molar-refractivity contribution < 1.29 is 1.37 Å². The number of hydrogen-bond donors (Lipinski definition) is 0. The molecule has 0 amide bonds. The van der Waals surface area contributed by atoms with E-state index < -0.39 is 6.02 Å². The van der Waals surface area contributed by atoms with E-state index in [9.17, 15) is 0 Å². The highest BCUT2D eigenvalue weighted by Gasteiger charge is 2.37. The first kappa shape index (κ1) is 10.2. The molecule has 1 aromatic rings. The Bertz CT molecular complexity index is 586. The van der Waals surface area contributed by atoms with Crippen molar-refractivity contribution >= 4 is 5.69 Å². The molecule has 0 aromatic heterocycles. The van der Waals surface area contributed by atoms with E-state index in [4.69, 9.17) is 1.37 Å². The lowest BCUT2D eigenvalue weighted by molar-refractivity contribution is 0.282. The average Bonchev–Trinajstić information content (AvgIpc) is 2.79. The summed E-state index contributed by atoms with van der Waals surface area (Å²) in [5.74, 6) is 0. The van der Waals surface area contributed by atoms with Gasteiger partial charge in [0, 0.05) is 17.4 Å². The summed E-state index contributed by atoms with van der Waals surface area (Å²) in [6.45, 7) is 8.40. The number of nitrogens with zero attached hydrogens (tertiary/aromatic N) is 2. The zero-order valence-corrected chi connectivity index (χ0v) is 11.4. The summed E-state index contributed by atoms with van der Waals surface area (Å²) >= 11 is 0. The van der Waals surface area contributed by atoms with Crippen molar-refractivity contribution in [2.24, 2.45) is 0 Å². The number of anilines is 1. The number of benzene rings is 1. The Morgan fingerprint density at radius 2 is 1.89 bits per heavy atom. The molecule has 18 heavy (non-hydrogen) atoms. The number of allylic oxidation sites excluding steroid dienone is 2. The maximum Gasteiger partial charge on any atom is 0.104 e. The minimum absolute atomic E-state index is 0.175. The molecular weight excluding hydrogens is 220 g/mol. The van der Waals surface area contributed by atoms with Crippen LogP contribution in [0.15, 0.2) is 47.8 Å². The summed E-state index contributed by atoms with van der Waals surface area (Å²) in [7, 11) is 0. The first-order chi connectivity index (χ1) is 8.93. The minimum Gasteiger partial charge on any atom is -0.343 e. The molecule has 1 aromatic carbocycles. The van der Waals surface area contributed by atoms with Crippen LogP contribution in [0, 0.1) is 6.92 Å². The molecular formula is C16H20N2. The van der Waals surface area contributed by atoms with Gasteiger partial charge in [0.1, 0.15) is 6.17 Å². The van der Waals surface area contributed by atoms with Gasteiger partial charge in [0.05, 0.1) is 7.07 Å². The van der Waals surface area contributed by atoms with Gasteiger partial charge in [0.25, 0.3) is 0 Å². The van der Waals surface area contributed by atoms with E-state index in [1.807, 2.05) is 13.0 Å². The molecule has 2 atom stereocenters. The lowest BCUT2D eigenvalue weighted by Crippen LogP contribution is -2.40. The second-order valence-electron chi connectivity index (χ2n) is 5.10. The molecule has 3 rings (SSSR count). The Morgan fingerprint density at radius 1 is 1.17 bits per heavy atom. The largest absolute Gasteiger partial charge is 0.343 e. The molecule has 0 N–H and O–H groups in total. The van der Waals surface area contributed by atoms with Gasteiger partial charge in [-0.3, -0.25) is 0 Å². The second kappa shape index (κ2) is 3.91. The van der Waals surface area contributed by atoms with Crippen LogP contribution in [0.1, 0.15) is 27.7 Å². The fourth-order valence-electron chi connectivity index (χ4n) is 3.08. The zero-order chi connectivity index (χ0) is 13.8. The predicted molar refractivity (Wildman–Crippen MR) is 76.3 cm³/mol. The Kier molecular flexibility index (Phi) is 2.22. The maximum atomic E-state index is 8.42. The lowest BCUT2D eigenvalue weighted by atomic mass is 10.1. The highest BCUT2D eigenvalue weighted by atomic mass is 15.4. The maximum absolute atomic E-state index is 8.42. The van der Waals surface area contributed by atoms with Crippen molar-refractivity contribution in [3.05, 3.63) is 53.4 Å². The predicted octanol–water partition coefficient (Wildman–Crippen LogP) is 3.65. The normalized spacial score (nSPS) is 31.1. The standard InChI is InChI=1S/C16H20N2/c1-11-7-5-6-8-15(11)18-13(3)16-10-9-12(2)17(16)14(18)4/h5-10,12,14H,1-4H3/i12D. The van der Waals surface area contributed by atoms with Crippen LogP contribution in [0.2, 0.25) is 0 Å². The van der Waals surface area contributed by atoms with Crippen LogP contribution in [0.4, 0.5) is 5.69 Å². The molecule has 0 aliphatic carbocycles. The van der Waals surface area contributed by atoms with Crippen LogP contribution < -0.4 is 4.90 Å². The van der Waals surface area contributed by atoms with E-state index in [1.54, 1.807) is 0 Å². The van der Waals surface area contributed by atoms with E-state index >= 15 is 0 Å². The smallest absolute Gasteiger partial charge is 0.104 e. The fourth-order valence-corrected chi connectivity index (χ4v) is 3.08. The van der Waals surface area contributed by atoms with Gasteiger partial charge in [-0.2, -0.15) is 0 Å². The number of hydrogen-bond acceptors (Lipinski definition) is 2. The number of para-hydroxylation sites is 1. The van der Waals surface area contributed by atoms with Gasteiger partial charge in [0.15, 0.2) is 0 Å². The van der Waals surface area contributed by atoms with Gasteiger partial charge in [-0.25, -0.2) is 0 Å². The molecule has 2 unspecified atom stereocenters. The van der Waals surface area contributed by atoms with Crippen molar-refractivity contribution in [3.63, 3.8) is 0 Å². The summed E-state index contributed by atoms with van der Waals surface area (Å²) in [6, 6.07) is 7.79. The van der Waals surface area contributed by atoms with Crippen molar-refractivity contribution in [1.29, 1.82) is 0 Å². The molecule has 0 bridgehead atoms. The van der Waals surface area contributed by atoms with Gasteiger partial charge < -0.3 is 9.80 Å². The Morgan fingerprint density at radius 3 is 2.56 bits per heavy atom. The summed E-state index contributed by atoms with van der Waals surface area (Å²) < 4.78 is 8.42. The molecule has 2 aliphatic heterocycles. The van der Waals surface area contributed by atoms with Crippen LogP contribution in [0.3, 0.4) is 0 Å². The topological polar surface area (TPSA) is 6.48 Å². The monoisotopic (exact) mass is 241 g/mol. The van der Waals surface area contributed by atoms with Crippen LogP contribution in [-0.4, -0.2) is 17.1 Å². The van der Waals surface area contributed by atoms with E-state index in [1.165, 1.54) is 22.6 Å². The lowest BCUT2D eigenvalue weighted by Gasteiger charge is -2.33. The molecule has 2 heterocycles. The SMILES string of the molecule is [2H]C1(C)C=CC2=C(C)N(c3ccccc3C)C(C)N21. The second-order valence-corrected chi connectivity index (χ2v) is 5.10. The first-order valence-electron chi connectivity index (χ1n) is 6.98. The number of rotatable bonds is 1. The highest BCUT2D eigenvalue weighted by molar-refractivity contribution is 5.62. The molecule has 0 radical (unpaired) electrons. The first-order valence-corrected chi connectivity index (χ1v) is 6.48. The molecule has 0 fully saturated rings. The van der Waals surface area contributed by atoms with Crippen LogP contribution >= 0.6 is 0 Å². The molecule has 2 nitrogen and oxygen atoms in total. The van der Waals surface area contributed by atoms with Crippen molar-refractivity contribution in [1.82, 2.24) is 4.90 Å². The van der Waals surface area contributed by atoms with Crippen molar-refractivity contribution in [2.45, 2.75) is 39.9 Å². The molecule has 0 saturated heterocycles. The summed E-state index contributed by atoms with van der Waals surface area (Å²) in [4.78, 5) is 4.51. The fraction of sp³-hybridized carbons (Fsp3) is 0.375. The summed E-state index contributed by atoms with van der Waals surface area (Å²) in [6.07, 6.45) is 4.22. The third-order valence-corrected chi connectivity index (χ3v) is 3.98. The molecule has 2 heteroatoms. The van der Waals surface area contributed by atoms with Gasteiger partial charge in [-0.1, -0.05) is 24.3 Å². The van der Waals surface area contributed by atoms with E-state index in [0.29, 0.717) is 0 Å². The summed E-state index contributed by atoms with van der Waals surface area (Å²) in [5.41, 5.74) is 4.91. The Hall–Kier alpha value is -1.70. The summed E-state index contributed by atoms with van der Waals surface area (Å²) in [5, 5.41) is 0. The number of fused-ring (bicyclic) bond motifs is 1. The van der Waals surface area contributed by atoms with Gasteiger partial charge >= 0.3 is 0 Å². The zero-order valence-electron chi connectivity index (χ0n) is 12.4. The third kappa shape index (κ3) is 1.41. The van der Waals surface area contributed by atoms with Crippen molar-refractivity contribution in [2.75, 3.05) is 4.90 Å². The molecule has 2 aliphatic rings. The molecule has 0 saturated carbocycles. The quantitative estimate of drug-likeness (QED) is 0.740. The van der Waals surface area contributed by atoms with E-state index in [-0.39, 0.29) is 6.17 Å². The molecule has 0 spiro atoms. The van der Waals surface area contributed by atoms with Crippen molar-refractivity contribution in [3.8, 4) is 0 Å². The molecule has 94 valence electrons.